The number of hydrogen-bond donors (Lipinski definition) is 0. The highest BCUT2D eigenvalue weighted by Crippen LogP contribution is 2.60. The van der Waals surface area contributed by atoms with Crippen molar-refractivity contribution in [3.8, 4) is 0 Å². The number of halogens is 2. The summed E-state index contributed by atoms with van der Waals surface area (Å²) < 4.78 is 5.11. The molecule has 1 aliphatic carbocycles. The summed E-state index contributed by atoms with van der Waals surface area (Å²) in [6.07, 6.45) is 1.95. The fourth-order valence-electron chi connectivity index (χ4n) is 2.53. The van der Waals surface area contributed by atoms with E-state index in [1.165, 1.54) is 0 Å². The second-order valence-corrected chi connectivity index (χ2v) is 6.44. The molecular weight excluding hydrogens is 295 g/mol. The topological polar surface area (TPSA) is 26.3 Å². The molecule has 0 bridgehead atoms. The standard InChI is InChI=1S/C16H18Cl2O2/c1-4-20-15(19)14-12(16(14,2)3)9-13(18)10-5-7-11(17)8-6-10/h5-9,12,14H,4H2,1-3H3/t12-,14+/m1/s1. The van der Waals surface area contributed by atoms with E-state index in [0.29, 0.717) is 16.7 Å². The molecule has 20 heavy (non-hydrogen) atoms. The van der Waals surface area contributed by atoms with Gasteiger partial charge in [-0.3, -0.25) is 4.79 Å². The Morgan fingerprint density at radius 2 is 1.95 bits per heavy atom. The molecule has 108 valence electrons. The first-order valence-corrected chi connectivity index (χ1v) is 7.43. The van der Waals surface area contributed by atoms with Crippen LogP contribution in [0.4, 0.5) is 0 Å². The molecule has 4 heteroatoms. The first kappa shape index (κ1) is 15.4. The Morgan fingerprint density at radius 1 is 1.35 bits per heavy atom. The van der Waals surface area contributed by atoms with Gasteiger partial charge in [-0.1, -0.05) is 55.3 Å². The van der Waals surface area contributed by atoms with Crippen molar-refractivity contribution in [1.82, 2.24) is 0 Å². The van der Waals surface area contributed by atoms with Gasteiger partial charge in [-0.2, -0.15) is 0 Å². The first-order valence-electron chi connectivity index (χ1n) is 6.67. The van der Waals surface area contributed by atoms with Crippen LogP contribution in [0.25, 0.3) is 5.03 Å². The number of allylic oxidation sites excluding steroid dienone is 1. The van der Waals surface area contributed by atoms with Crippen molar-refractivity contribution in [3.63, 3.8) is 0 Å². The van der Waals surface area contributed by atoms with E-state index in [0.717, 1.165) is 5.56 Å². The third-order valence-corrected chi connectivity index (χ3v) is 4.49. The van der Waals surface area contributed by atoms with Crippen LogP contribution < -0.4 is 0 Å². The summed E-state index contributed by atoms with van der Waals surface area (Å²) in [5, 5.41) is 1.32. The maximum atomic E-state index is 11.9. The smallest absolute Gasteiger partial charge is 0.310 e. The SMILES string of the molecule is CCOC(=O)[C@@H]1[C@@H](C=C(Cl)c2ccc(Cl)cc2)C1(C)C. The summed E-state index contributed by atoms with van der Waals surface area (Å²) in [5.74, 6) is -0.132. The molecule has 0 heterocycles. The molecule has 1 fully saturated rings. The molecule has 0 radical (unpaired) electrons. The van der Waals surface area contributed by atoms with E-state index < -0.39 is 0 Å². The highest BCUT2D eigenvalue weighted by atomic mass is 35.5. The Morgan fingerprint density at radius 3 is 2.50 bits per heavy atom. The Kier molecular flexibility index (Phi) is 4.46. The minimum atomic E-state index is -0.140. The molecular formula is C16H18Cl2O2. The van der Waals surface area contributed by atoms with E-state index in [2.05, 4.69) is 13.8 Å². The van der Waals surface area contributed by atoms with Gasteiger partial charge in [0.1, 0.15) is 0 Å². The number of rotatable bonds is 4. The molecule has 1 aromatic carbocycles. The summed E-state index contributed by atoms with van der Waals surface area (Å²) >= 11 is 12.2. The number of ether oxygens (including phenoxy) is 1. The van der Waals surface area contributed by atoms with E-state index >= 15 is 0 Å². The summed E-state index contributed by atoms with van der Waals surface area (Å²) in [4.78, 5) is 11.9. The number of carbonyl (C=O) groups is 1. The summed E-state index contributed by atoms with van der Waals surface area (Å²) in [6.45, 7) is 6.34. The zero-order valence-electron chi connectivity index (χ0n) is 11.8. The fourth-order valence-corrected chi connectivity index (χ4v) is 2.92. The van der Waals surface area contributed by atoms with E-state index in [1.807, 2.05) is 25.1 Å². The molecule has 0 aliphatic heterocycles. The zero-order valence-corrected chi connectivity index (χ0v) is 13.3. The van der Waals surface area contributed by atoms with Gasteiger partial charge < -0.3 is 4.74 Å². The van der Waals surface area contributed by atoms with Crippen molar-refractivity contribution in [2.45, 2.75) is 20.8 Å². The highest BCUT2D eigenvalue weighted by Gasteiger charge is 2.61. The predicted molar refractivity (Wildman–Crippen MR) is 82.7 cm³/mol. The Balaban J connectivity index is 2.14. The summed E-state index contributed by atoms with van der Waals surface area (Å²) in [6, 6.07) is 7.34. The van der Waals surface area contributed by atoms with E-state index in [9.17, 15) is 4.79 Å². The zero-order chi connectivity index (χ0) is 14.9. The van der Waals surface area contributed by atoms with Crippen molar-refractivity contribution in [3.05, 3.63) is 40.9 Å². The molecule has 2 nitrogen and oxygen atoms in total. The third-order valence-electron chi connectivity index (χ3n) is 3.90. The average molecular weight is 313 g/mol. The molecule has 0 amide bonds. The molecule has 1 saturated carbocycles. The Bertz CT molecular complexity index is 532. The normalized spacial score (nSPS) is 24.4. The van der Waals surface area contributed by atoms with Crippen LogP contribution in [0.1, 0.15) is 26.3 Å². The lowest BCUT2D eigenvalue weighted by molar-refractivity contribution is -0.145. The molecule has 0 unspecified atom stereocenters. The van der Waals surface area contributed by atoms with E-state index in [-0.39, 0.29) is 23.2 Å². The fraction of sp³-hybridized carbons (Fsp3) is 0.438. The van der Waals surface area contributed by atoms with Gasteiger partial charge in [0.25, 0.3) is 0 Å². The Hall–Kier alpha value is -0.990. The summed E-state index contributed by atoms with van der Waals surface area (Å²) in [5.41, 5.74) is 0.806. The van der Waals surface area contributed by atoms with Crippen molar-refractivity contribution in [1.29, 1.82) is 0 Å². The van der Waals surface area contributed by atoms with E-state index in [1.54, 1.807) is 12.1 Å². The van der Waals surface area contributed by atoms with Gasteiger partial charge in [-0.25, -0.2) is 0 Å². The van der Waals surface area contributed by atoms with Crippen LogP contribution in [0.5, 0.6) is 0 Å². The summed E-state index contributed by atoms with van der Waals surface area (Å²) in [7, 11) is 0. The van der Waals surface area contributed by atoms with Gasteiger partial charge in [-0.15, -0.1) is 0 Å². The highest BCUT2D eigenvalue weighted by molar-refractivity contribution is 6.48. The molecule has 2 rings (SSSR count). The van der Waals surface area contributed by atoms with Crippen molar-refractivity contribution in [2.75, 3.05) is 6.61 Å². The average Bonchev–Trinajstić information content (AvgIpc) is 2.92. The minimum absolute atomic E-state index is 0.0984. The molecule has 2 atom stereocenters. The van der Waals surface area contributed by atoms with E-state index in [4.69, 9.17) is 27.9 Å². The maximum absolute atomic E-state index is 11.9. The van der Waals surface area contributed by atoms with Gasteiger partial charge in [0.2, 0.25) is 0 Å². The van der Waals surface area contributed by atoms with Gasteiger partial charge in [0.05, 0.1) is 12.5 Å². The lowest BCUT2D eigenvalue weighted by atomic mass is 10.1. The van der Waals surface area contributed by atoms with Crippen LogP contribution in [0, 0.1) is 17.3 Å². The van der Waals surface area contributed by atoms with Crippen molar-refractivity contribution < 1.29 is 9.53 Å². The van der Waals surface area contributed by atoms with Crippen LogP contribution in [0.15, 0.2) is 30.3 Å². The first-order chi connectivity index (χ1) is 9.37. The quantitative estimate of drug-likeness (QED) is 0.750. The van der Waals surface area contributed by atoms with Gasteiger partial charge in [0.15, 0.2) is 0 Å². The van der Waals surface area contributed by atoms with Crippen molar-refractivity contribution in [2.24, 2.45) is 17.3 Å². The largest absolute Gasteiger partial charge is 0.466 e. The van der Waals surface area contributed by atoms with Crippen LogP contribution in [0.2, 0.25) is 5.02 Å². The third kappa shape index (κ3) is 3.02. The maximum Gasteiger partial charge on any atom is 0.310 e. The molecule has 0 spiro atoms. The van der Waals surface area contributed by atoms with Crippen LogP contribution in [0.3, 0.4) is 0 Å². The minimum Gasteiger partial charge on any atom is -0.466 e. The van der Waals surface area contributed by atoms with Gasteiger partial charge >= 0.3 is 5.97 Å². The van der Waals surface area contributed by atoms with Crippen LogP contribution in [-0.2, 0) is 9.53 Å². The lowest BCUT2D eigenvalue weighted by Gasteiger charge is -2.01. The van der Waals surface area contributed by atoms with Gasteiger partial charge in [0, 0.05) is 10.1 Å². The molecule has 1 aromatic rings. The van der Waals surface area contributed by atoms with Crippen LogP contribution >= 0.6 is 23.2 Å². The number of benzene rings is 1. The molecule has 0 aromatic heterocycles. The number of hydrogen-bond acceptors (Lipinski definition) is 2. The van der Waals surface area contributed by atoms with Gasteiger partial charge in [-0.05, 0) is 36.0 Å². The monoisotopic (exact) mass is 312 g/mol. The second kappa shape index (κ2) is 5.79. The Labute approximate surface area is 129 Å². The second-order valence-electron chi connectivity index (χ2n) is 5.60. The predicted octanol–water partition coefficient (Wildman–Crippen LogP) is 4.76. The van der Waals surface area contributed by atoms with Crippen molar-refractivity contribution >= 4 is 34.2 Å². The molecule has 1 aliphatic rings. The number of carbonyl (C=O) groups excluding carboxylic acids is 1. The molecule has 0 saturated heterocycles. The molecule has 0 N–H and O–H groups in total. The number of esters is 1. The van der Waals surface area contributed by atoms with Crippen LogP contribution in [-0.4, -0.2) is 12.6 Å². The lowest BCUT2D eigenvalue weighted by Crippen LogP contribution is -2.10.